The van der Waals surface area contributed by atoms with Crippen molar-refractivity contribution in [2.24, 2.45) is 5.92 Å². The normalized spacial score (nSPS) is 19.4. The summed E-state index contributed by atoms with van der Waals surface area (Å²) in [5.41, 5.74) is 15.2. The van der Waals surface area contributed by atoms with Crippen molar-refractivity contribution in [3.8, 4) is 39.4 Å². The fourth-order valence-electron chi connectivity index (χ4n) is 10.4. The molecule has 0 radical (unpaired) electrons. The minimum atomic E-state index is -0.517. The average Bonchev–Trinajstić information content (AvgIpc) is 3.41. The molecular formula is C56H41N3O. The molecule has 0 N–H and O–H groups in total. The molecule has 0 saturated heterocycles. The molecule has 6 aromatic carbocycles. The predicted molar refractivity (Wildman–Crippen MR) is 244 cm³/mol. The van der Waals surface area contributed by atoms with Crippen molar-refractivity contribution >= 4 is 27.7 Å². The first kappa shape index (κ1) is 34.8. The molecule has 60 heavy (non-hydrogen) atoms. The molecule has 4 heteroatoms. The van der Waals surface area contributed by atoms with E-state index in [4.69, 9.17) is 19.7 Å². The van der Waals surface area contributed by atoms with Gasteiger partial charge in [-0.15, -0.1) is 0 Å². The van der Waals surface area contributed by atoms with Crippen molar-refractivity contribution in [3.63, 3.8) is 0 Å². The SMILES string of the molecule is CC1C=CC=C(c2nc(C3=CCC=CC=C3)nc(-c3ccc(-c4cccc5c4-c4ccccc4C54C5=C(Oc6c4ccc4ccccc64)c4ccccc4CC5)cc3)n2)C1. The molecule has 4 aliphatic carbocycles. The van der Waals surface area contributed by atoms with Gasteiger partial charge in [-0.2, -0.15) is 0 Å². The molecule has 0 fully saturated rings. The lowest BCUT2D eigenvalue weighted by Crippen LogP contribution is -2.36. The first-order chi connectivity index (χ1) is 29.6. The van der Waals surface area contributed by atoms with E-state index in [-0.39, 0.29) is 0 Å². The van der Waals surface area contributed by atoms with Crippen LogP contribution in [0.1, 0.15) is 65.7 Å². The van der Waals surface area contributed by atoms with E-state index in [1.54, 1.807) is 0 Å². The van der Waals surface area contributed by atoms with Crippen LogP contribution in [-0.2, 0) is 11.8 Å². The quantitative estimate of drug-likeness (QED) is 0.179. The Hall–Kier alpha value is -7.17. The van der Waals surface area contributed by atoms with E-state index < -0.39 is 5.41 Å². The summed E-state index contributed by atoms with van der Waals surface area (Å²) >= 11 is 0. The molecule has 0 saturated carbocycles. The summed E-state index contributed by atoms with van der Waals surface area (Å²) in [5.74, 6) is 4.52. The number of aromatic nitrogens is 3. The van der Waals surface area contributed by atoms with Crippen LogP contribution in [0.2, 0.25) is 0 Å². The topological polar surface area (TPSA) is 47.9 Å². The molecular weight excluding hydrogens is 731 g/mol. The second kappa shape index (κ2) is 13.7. The number of ether oxygens (including phenoxy) is 1. The lowest BCUT2D eigenvalue weighted by atomic mass is 9.62. The highest BCUT2D eigenvalue weighted by Gasteiger charge is 2.53. The zero-order valence-corrected chi connectivity index (χ0v) is 33.4. The highest BCUT2D eigenvalue weighted by atomic mass is 16.5. The van der Waals surface area contributed by atoms with Crippen LogP contribution < -0.4 is 4.74 Å². The third kappa shape index (κ3) is 5.26. The Labute approximate surface area is 350 Å². The summed E-state index contributed by atoms with van der Waals surface area (Å²) in [6.07, 6.45) is 20.7. The monoisotopic (exact) mass is 771 g/mol. The summed E-state index contributed by atoms with van der Waals surface area (Å²) in [5, 5.41) is 2.32. The molecule has 1 aliphatic heterocycles. The van der Waals surface area contributed by atoms with Crippen LogP contribution in [-0.4, -0.2) is 15.0 Å². The van der Waals surface area contributed by atoms with Gasteiger partial charge in [-0.3, -0.25) is 0 Å². The van der Waals surface area contributed by atoms with Gasteiger partial charge in [-0.05, 0) is 87.1 Å². The number of nitrogens with zero attached hydrogens (tertiary/aromatic N) is 3. The second-order valence-corrected chi connectivity index (χ2v) is 16.6. The van der Waals surface area contributed by atoms with Crippen LogP contribution in [0.5, 0.6) is 5.75 Å². The van der Waals surface area contributed by atoms with E-state index in [0.717, 1.165) is 70.7 Å². The van der Waals surface area contributed by atoms with Crippen LogP contribution in [0.25, 0.3) is 61.3 Å². The lowest BCUT2D eigenvalue weighted by Gasteiger charge is -2.43. The van der Waals surface area contributed by atoms with Gasteiger partial charge in [-0.25, -0.2) is 15.0 Å². The maximum absolute atomic E-state index is 7.21. The first-order valence-corrected chi connectivity index (χ1v) is 21.2. The smallest absolute Gasteiger partial charge is 0.164 e. The van der Waals surface area contributed by atoms with E-state index >= 15 is 0 Å². The van der Waals surface area contributed by atoms with Gasteiger partial charge in [0.1, 0.15) is 11.5 Å². The molecule has 5 aliphatic rings. The van der Waals surface area contributed by atoms with Gasteiger partial charge in [0.2, 0.25) is 0 Å². The summed E-state index contributed by atoms with van der Waals surface area (Å²) < 4.78 is 7.21. The second-order valence-electron chi connectivity index (χ2n) is 16.6. The number of aryl methyl sites for hydroxylation is 1. The molecule has 1 aromatic heterocycles. The highest BCUT2D eigenvalue weighted by Crippen LogP contribution is 2.65. The predicted octanol–water partition coefficient (Wildman–Crippen LogP) is 13.3. The summed E-state index contributed by atoms with van der Waals surface area (Å²) in [7, 11) is 0. The first-order valence-electron chi connectivity index (χ1n) is 21.2. The fourth-order valence-corrected chi connectivity index (χ4v) is 10.4. The highest BCUT2D eigenvalue weighted by molar-refractivity contribution is 6.01. The minimum absolute atomic E-state index is 0.428. The summed E-state index contributed by atoms with van der Waals surface area (Å²) in [6, 6.07) is 46.9. The van der Waals surface area contributed by atoms with Gasteiger partial charge >= 0.3 is 0 Å². The van der Waals surface area contributed by atoms with E-state index in [2.05, 4.69) is 183 Å². The largest absolute Gasteiger partial charge is 0.456 e. The maximum Gasteiger partial charge on any atom is 0.164 e. The van der Waals surface area contributed by atoms with Crippen molar-refractivity contribution < 1.29 is 4.74 Å². The number of rotatable bonds is 4. The molecule has 2 unspecified atom stereocenters. The van der Waals surface area contributed by atoms with Crippen molar-refractivity contribution in [1.82, 2.24) is 15.0 Å². The Morgan fingerprint density at radius 3 is 2.30 bits per heavy atom. The van der Waals surface area contributed by atoms with Gasteiger partial charge < -0.3 is 4.74 Å². The lowest BCUT2D eigenvalue weighted by molar-refractivity contribution is 0.457. The van der Waals surface area contributed by atoms with Gasteiger partial charge in [-0.1, -0.05) is 183 Å². The molecule has 2 atom stereocenters. The third-order valence-corrected chi connectivity index (χ3v) is 13.1. The Kier molecular flexibility index (Phi) is 7.96. The number of hydrogen-bond acceptors (Lipinski definition) is 4. The van der Waals surface area contributed by atoms with Gasteiger partial charge in [0.25, 0.3) is 0 Å². The van der Waals surface area contributed by atoms with Crippen LogP contribution in [0.3, 0.4) is 0 Å². The zero-order chi connectivity index (χ0) is 39.8. The van der Waals surface area contributed by atoms with Gasteiger partial charge in [0.05, 0.1) is 5.41 Å². The Morgan fingerprint density at radius 1 is 0.617 bits per heavy atom. The van der Waals surface area contributed by atoms with Gasteiger partial charge in [0.15, 0.2) is 17.5 Å². The van der Waals surface area contributed by atoms with E-state index in [1.165, 1.54) is 55.5 Å². The standard InChI is InChI=1S/C56H41N3O/c1-35-14-12-19-41(34-35)55-58-53(39-17-4-2-3-5-18-39)57-54(59-55)40-28-26-38(27-29-40)42-23-13-25-47-50(42)45-22-10-11-24-46(45)56(47)48-32-30-36-15-6-8-20-43(36)51(48)60-52-44-21-9-7-16-37(44)31-33-49(52)56/h2-4,6-30,32,35H,5,31,33-34H2,1H3. The molecule has 7 aromatic rings. The molecule has 286 valence electrons. The maximum atomic E-state index is 7.21. The Morgan fingerprint density at radius 2 is 1.38 bits per heavy atom. The minimum Gasteiger partial charge on any atom is -0.456 e. The third-order valence-electron chi connectivity index (χ3n) is 13.1. The molecule has 0 amide bonds. The van der Waals surface area contributed by atoms with Gasteiger partial charge in [0, 0.05) is 27.6 Å². The van der Waals surface area contributed by atoms with Crippen molar-refractivity contribution in [2.75, 3.05) is 0 Å². The molecule has 4 nitrogen and oxygen atoms in total. The summed E-state index contributed by atoms with van der Waals surface area (Å²) in [6.45, 7) is 2.24. The molecule has 1 spiro atoms. The number of benzene rings is 6. The number of allylic oxidation sites excluding steroid dienone is 11. The zero-order valence-electron chi connectivity index (χ0n) is 33.4. The number of fused-ring (bicyclic) bond motifs is 12. The van der Waals surface area contributed by atoms with Crippen LogP contribution in [0.15, 0.2) is 182 Å². The van der Waals surface area contributed by atoms with Crippen molar-refractivity contribution in [2.45, 2.75) is 38.0 Å². The molecule has 0 bridgehead atoms. The number of hydrogen-bond donors (Lipinski definition) is 0. The van der Waals surface area contributed by atoms with E-state index in [0.29, 0.717) is 17.6 Å². The Balaban J connectivity index is 1.04. The molecule has 2 heterocycles. The van der Waals surface area contributed by atoms with E-state index in [1.807, 2.05) is 0 Å². The summed E-state index contributed by atoms with van der Waals surface area (Å²) in [4.78, 5) is 15.3. The Bertz CT molecular complexity index is 3140. The molecule has 12 rings (SSSR count). The van der Waals surface area contributed by atoms with Crippen LogP contribution >= 0.6 is 0 Å². The van der Waals surface area contributed by atoms with Crippen molar-refractivity contribution in [3.05, 3.63) is 221 Å². The van der Waals surface area contributed by atoms with Crippen molar-refractivity contribution in [1.29, 1.82) is 0 Å². The average molecular weight is 772 g/mol. The van der Waals surface area contributed by atoms with E-state index in [9.17, 15) is 0 Å². The van der Waals surface area contributed by atoms with Crippen LogP contribution in [0.4, 0.5) is 0 Å². The fraction of sp³-hybridized carbons (Fsp3) is 0.125. The van der Waals surface area contributed by atoms with Crippen LogP contribution in [0, 0.1) is 5.92 Å².